The Hall–Kier alpha value is -1.65. The van der Waals surface area contributed by atoms with Gasteiger partial charge in [0.25, 0.3) is 5.91 Å². The Morgan fingerprint density at radius 2 is 1.76 bits per heavy atom. The van der Waals surface area contributed by atoms with Crippen molar-refractivity contribution in [1.82, 2.24) is 15.3 Å². The summed E-state index contributed by atoms with van der Waals surface area (Å²) >= 11 is 0. The Morgan fingerprint density at radius 3 is 2.43 bits per heavy atom. The largest absolute Gasteiger partial charge is 0.351 e. The fraction of sp³-hybridized carbons (Fsp3) is 0.688. The van der Waals surface area contributed by atoms with Gasteiger partial charge in [0.2, 0.25) is 5.95 Å². The maximum atomic E-state index is 12.4. The summed E-state index contributed by atoms with van der Waals surface area (Å²) in [6, 6.07) is 2.56. The Labute approximate surface area is 125 Å². The second kappa shape index (κ2) is 6.41. The van der Waals surface area contributed by atoms with Crippen molar-refractivity contribution in [2.45, 2.75) is 70.4 Å². The number of aromatic nitrogens is 2. The first-order valence-electron chi connectivity index (χ1n) is 8.14. The van der Waals surface area contributed by atoms with Crippen LogP contribution in [-0.2, 0) is 0 Å². The quantitative estimate of drug-likeness (QED) is 0.836. The number of hydrogen-bond acceptors (Lipinski definition) is 4. The first-order chi connectivity index (χ1) is 10.2. The van der Waals surface area contributed by atoms with Gasteiger partial charge in [-0.05, 0) is 38.7 Å². The summed E-state index contributed by atoms with van der Waals surface area (Å²) in [6.45, 7) is 1.90. The first-order valence-corrected chi connectivity index (χ1v) is 8.14. The molecule has 2 fully saturated rings. The van der Waals surface area contributed by atoms with Gasteiger partial charge < -0.3 is 10.6 Å². The average molecular weight is 288 g/mol. The minimum Gasteiger partial charge on any atom is -0.351 e. The van der Waals surface area contributed by atoms with Crippen LogP contribution in [-0.4, -0.2) is 28.0 Å². The Kier molecular flexibility index (Phi) is 4.36. The van der Waals surface area contributed by atoms with E-state index in [0.29, 0.717) is 23.7 Å². The molecule has 1 amide bonds. The van der Waals surface area contributed by atoms with Crippen molar-refractivity contribution < 1.29 is 4.79 Å². The Balaban J connectivity index is 1.66. The molecule has 2 aliphatic carbocycles. The average Bonchev–Trinajstić information content (AvgIpc) is 3.26. The smallest absolute Gasteiger partial charge is 0.270 e. The third-order valence-corrected chi connectivity index (χ3v) is 4.19. The van der Waals surface area contributed by atoms with Crippen LogP contribution in [0.4, 0.5) is 5.95 Å². The number of aryl methyl sites for hydroxylation is 1. The van der Waals surface area contributed by atoms with Gasteiger partial charge in [-0.15, -0.1) is 0 Å². The number of anilines is 1. The number of nitrogens with zero attached hydrogens (tertiary/aromatic N) is 2. The van der Waals surface area contributed by atoms with Gasteiger partial charge in [-0.1, -0.05) is 25.7 Å². The van der Waals surface area contributed by atoms with Crippen LogP contribution >= 0.6 is 0 Å². The van der Waals surface area contributed by atoms with Gasteiger partial charge in [0, 0.05) is 17.8 Å². The predicted octanol–water partition coefficient (Wildman–Crippen LogP) is 2.81. The maximum Gasteiger partial charge on any atom is 0.270 e. The van der Waals surface area contributed by atoms with Crippen LogP contribution in [0.25, 0.3) is 0 Å². The zero-order chi connectivity index (χ0) is 14.7. The summed E-state index contributed by atoms with van der Waals surface area (Å²) in [5.41, 5.74) is 1.31. The highest BCUT2D eigenvalue weighted by Gasteiger charge is 2.23. The SMILES string of the molecule is Cc1cc(C(=O)NC2CCCCCC2)nc(NC2CC2)n1. The summed E-state index contributed by atoms with van der Waals surface area (Å²) in [5.74, 6) is 0.523. The van der Waals surface area contributed by atoms with Crippen LogP contribution in [0, 0.1) is 6.92 Å². The lowest BCUT2D eigenvalue weighted by Crippen LogP contribution is -2.35. The molecule has 0 spiro atoms. The van der Waals surface area contributed by atoms with Gasteiger partial charge in [-0.2, -0.15) is 0 Å². The van der Waals surface area contributed by atoms with Crippen molar-refractivity contribution in [1.29, 1.82) is 0 Å². The summed E-state index contributed by atoms with van der Waals surface area (Å²) in [7, 11) is 0. The molecule has 1 heterocycles. The fourth-order valence-electron chi connectivity index (χ4n) is 2.84. The van der Waals surface area contributed by atoms with Crippen LogP contribution < -0.4 is 10.6 Å². The van der Waals surface area contributed by atoms with Crippen molar-refractivity contribution in [3.8, 4) is 0 Å². The molecule has 0 atom stereocenters. The van der Waals surface area contributed by atoms with Gasteiger partial charge in [0.1, 0.15) is 5.69 Å². The van der Waals surface area contributed by atoms with E-state index in [4.69, 9.17) is 0 Å². The van der Waals surface area contributed by atoms with Gasteiger partial charge in [0.05, 0.1) is 0 Å². The highest BCUT2D eigenvalue weighted by atomic mass is 16.1. The molecule has 0 radical (unpaired) electrons. The van der Waals surface area contributed by atoms with E-state index in [-0.39, 0.29) is 5.91 Å². The highest BCUT2D eigenvalue weighted by molar-refractivity contribution is 5.92. The van der Waals surface area contributed by atoms with Crippen molar-refractivity contribution in [2.75, 3.05) is 5.32 Å². The van der Waals surface area contributed by atoms with Gasteiger partial charge >= 0.3 is 0 Å². The standard InChI is InChI=1S/C16H24N4O/c1-11-10-14(20-16(17-11)19-13-8-9-13)15(21)18-12-6-4-2-3-5-7-12/h10,12-13H,2-9H2,1H3,(H,18,21)(H,17,19,20). The lowest BCUT2D eigenvalue weighted by atomic mass is 10.1. The molecule has 2 saturated carbocycles. The molecule has 1 aromatic rings. The van der Waals surface area contributed by atoms with E-state index in [1.54, 1.807) is 6.07 Å². The number of carbonyl (C=O) groups is 1. The summed E-state index contributed by atoms with van der Waals surface area (Å²) < 4.78 is 0. The van der Waals surface area contributed by atoms with E-state index in [1.807, 2.05) is 6.92 Å². The molecule has 114 valence electrons. The number of amides is 1. The zero-order valence-electron chi connectivity index (χ0n) is 12.7. The molecule has 21 heavy (non-hydrogen) atoms. The van der Waals surface area contributed by atoms with Gasteiger partial charge in [-0.3, -0.25) is 4.79 Å². The van der Waals surface area contributed by atoms with Crippen molar-refractivity contribution in [2.24, 2.45) is 0 Å². The molecule has 2 N–H and O–H groups in total. The minimum absolute atomic E-state index is 0.0637. The summed E-state index contributed by atoms with van der Waals surface area (Å²) in [4.78, 5) is 21.1. The first kappa shape index (κ1) is 14.3. The van der Waals surface area contributed by atoms with E-state index in [0.717, 1.165) is 18.5 Å². The summed E-state index contributed by atoms with van der Waals surface area (Å²) in [6.07, 6.45) is 9.50. The third-order valence-electron chi connectivity index (χ3n) is 4.19. The van der Waals surface area contributed by atoms with Crippen LogP contribution in [0.5, 0.6) is 0 Å². The van der Waals surface area contributed by atoms with E-state index in [9.17, 15) is 4.79 Å². The molecule has 0 saturated heterocycles. The molecule has 2 aliphatic rings. The second-order valence-corrected chi connectivity index (χ2v) is 6.30. The Morgan fingerprint density at radius 1 is 1.05 bits per heavy atom. The normalized spacial score (nSPS) is 19.9. The van der Waals surface area contributed by atoms with Crippen LogP contribution in [0.2, 0.25) is 0 Å². The molecule has 1 aromatic heterocycles. The topological polar surface area (TPSA) is 66.9 Å². The lowest BCUT2D eigenvalue weighted by Gasteiger charge is -2.16. The fourth-order valence-corrected chi connectivity index (χ4v) is 2.84. The molecule has 0 bridgehead atoms. The number of carbonyl (C=O) groups excluding carboxylic acids is 1. The molecular weight excluding hydrogens is 264 g/mol. The van der Waals surface area contributed by atoms with Crippen molar-refractivity contribution in [3.63, 3.8) is 0 Å². The number of hydrogen-bond donors (Lipinski definition) is 2. The lowest BCUT2D eigenvalue weighted by molar-refractivity contribution is 0.0928. The van der Waals surface area contributed by atoms with Crippen LogP contribution in [0.15, 0.2) is 6.07 Å². The van der Waals surface area contributed by atoms with E-state index in [2.05, 4.69) is 20.6 Å². The van der Waals surface area contributed by atoms with Crippen LogP contribution in [0.3, 0.4) is 0 Å². The molecular formula is C16H24N4O. The molecule has 5 nitrogen and oxygen atoms in total. The van der Waals surface area contributed by atoms with Gasteiger partial charge in [-0.25, -0.2) is 9.97 Å². The minimum atomic E-state index is -0.0637. The number of rotatable bonds is 4. The molecule has 0 aromatic carbocycles. The predicted molar refractivity (Wildman–Crippen MR) is 82.4 cm³/mol. The second-order valence-electron chi connectivity index (χ2n) is 6.30. The maximum absolute atomic E-state index is 12.4. The zero-order valence-corrected chi connectivity index (χ0v) is 12.7. The number of nitrogens with one attached hydrogen (secondary N) is 2. The molecule has 0 aliphatic heterocycles. The summed E-state index contributed by atoms with van der Waals surface area (Å²) in [5, 5.41) is 6.40. The monoisotopic (exact) mass is 288 g/mol. The van der Waals surface area contributed by atoms with Crippen molar-refractivity contribution in [3.05, 3.63) is 17.5 Å². The van der Waals surface area contributed by atoms with E-state index >= 15 is 0 Å². The van der Waals surface area contributed by atoms with Crippen molar-refractivity contribution >= 4 is 11.9 Å². The molecule has 3 rings (SSSR count). The van der Waals surface area contributed by atoms with E-state index in [1.165, 1.54) is 38.5 Å². The highest BCUT2D eigenvalue weighted by Crippen LogP contribution is 2.23. The van der Waals surface area contributed by atoms with E-state index < -0.39 is 0 Å². The third kappa shape index (κ3) is 4.16. The molecule has 0 unspecified atom stereocenters. The molecule has 5 heteroatoms. The Bertz CT molecular complexity index is 505. The van der Waals surface area contributed by atoms with Crippen LogP contribution in [0.1, 0.15) is 67.5 Å². The van der Waals surface area contributed by atoms with Gasteiger partial charge in [0.15, 0.2) is 0 Å².